The van der Waals surface area contributed by atoms with Gasteiger partial charge in [-0.1, -0.05) is 23.2 Å². The number of halogens is 2. The minimum Gasteiger partial charge on any atom is -0.506 e. The predicted molar refractivity (Wildman–Crippen MR) is 74.3 cm³/mol. The Labute approximate surface area is 119 Å². The van der Waals surface area contributed by atoms with Crippen molar-refractivity contribution in [3.05, 3.63) is 50.4 Å². The molecule has 0 fully saturated rings. The summed E-state index contributed by atoms with van der Waals surface area (Å²) in [5, 5.41) is 17.4. The predicted octanol–water partition coefficient (Wildman–Crippen LogP) is 1.96. The van der Waals surface area contributed by atoms with Crippen LogP contribution in [0.2, 0.25) is 10.0 Å². The molecule has 2 aromatic rings. The molecule has 0 unspecified atom stereocenters. The van der Waals surface area contributed by atoms with Crippen LogP contribution in [0, 0.1) is 0 Å². The van der Waals surface area contributed by atoms with Crippen LogP contribution in [0.3, 0.4) is 0 Å². The van der Waals surface area contributed by atoms with E-state index in [1.807, 2.05) is 0 Å². The highest BCUT2D eigenvalue weighted by molar-refractivity contribution is 6.34. The summed E-state index contributed by atoms with van der Waals surface area (Å²) in [6.45, 7) is 0.334. The standard InChI is InChI=1S/C12H11Cl2N3O2/c1-15-6-10-11(18)5-12(19)17(16-10)9-3-7(13)2-8(14)4-9/h2-5,15,18H,6H2,1H3. The Morgan fingerprint density at radius 3 is 2.47 bits per heavy atom. The Hall–Kier alpha value is -1.56. The van der Waals surface area contributed by atoms with Crippen molar-refractivity contribution < 1.29 is 5.11 Å². The third kappa shape index (κ3) is 3.07. The molecule has 0 amide bonds. The number of aromatic hydroxyl groups is 1. The lowest BCUT2D eigenvalue weighted by molar-refractivity contribution is 0.454. The van der Waals surface area contributed by atoms with Gasteiger partial charge in [-0.05, 0) is 25.2 Å². The normalized spacial score (nSPS) is 10.7. The van der Waals surface area contributed by atoms with Crippen molar-refractivity contribution in [1.29, 1.82) is 0 Å². The lowest BCUT2D eigenvalue weighted by atomic mass is 10.3. The first-order chi connectivity index (χ1) is 9.01. The van der Waals surface area contributed by atoms with Gasteiger partial charge in [0.15, 0.2) is 0 Å². The number of hydrogen-bond acceptors (Lipinski definition) is 4. The Bertz CT molecular complexity index is 650. The quantitative estimate of drug-likeness (QED) is 0.909. The lowest BCUT2D eigenvalue weighted by Crippen LogP contribution is -2.23. The van der Waals surface area contributed by atoms with Crippen molar-refractivity contribution in [3.63, 3.8) is 0 Å². The van der Waals surface area contributed by atoms with Crippen LogP contribution in [-0.2, 0) is 6.54 Å². The fraction of sp³-hybridized carbons (Fsp3) is 0.167. The van der Waals surface area contributed by atoms with E-state index >= 15 is 0 Å². The lowest BCUT2D eigenvalue weighted by Gasteiger charge is -2.09. The molecule has 0 aliphatic heterocycles. The van der Waals surface area contributed by atoms with E-state index in [1.54, 1.807) is 25.2 Å². The van der Waals surface area contributed by atoms with E-state index in [0.717, 1.165) is 10.7 Å². The highest BCUT2D eigenvalue weighted by atomic mass is 35.5. The summed E-state index contributed by atoms with van der Waals surface area (Å²) in [7, 11) is 1.72. The van der Waals surface area contributed by atoms with Crippen molar-refractivity contribution in [2.75, 3.05) is 7.05 Å². The van der Waals surface area contributed by atoms with Crippen LogP contribution in [-0.4, -0.2) is 21.9 Å². The zero-order valence-electron chi connectivity index (χ0n) is 10.0. The van der Waals surface area contributed by atoms with E-state index < -0.39 is 5.56 Å². The van der Waals surface area contributed by atoms with Crippen molar-refractivity contribution in [1.82, 2.24) is 15.1 Å². The van der Waals surface area contributed by atoms with Crippen molar-refractivity contribution in [2.45, 2.75) is 6.54 Å². The number of benzene rings is 1. The summed E-state index contributed by atoms with van der Waals surface area (Å²) in [5.74, 6) is -0.149. The van der Waals surface area contributed by atoms with E-state index in [-0.39, 0.29) is 5.75 Å². The van der Waals surface area contributed by atoms with Gasteiger partial charge in [0.2, 0.25) is 0 Å². The molecule has 100 valence electrons. The van der Waals surface area contributed by atoms with Gasteiger partial charge in [-0.25, -0.2) is 0 Å². The second-order valence-electron chi connectivity index (χ2n) is 3.88. The maximum absolute atomic E-state index is 11.9. The van der Waals surface area contributed by atoms with Gasteiger partial charge in [-0.3, -0.25) is 4.79 Å². The topological polar surface area (TPSA) is 67.2 Å². The number of nitrogens with zero attached hydrogens (tertiary/aromatic N) is 2. The van der Waals surface area contributed by atoms with Crippen LogP contribution in [0.5, 0.6) is 5.75 Å². The molecule has 0 saturated heterocycles. The molecular weight excluding hydrogens is 289 g/mol. The summed E-state index contributed by atoms with van der Waals surface area (Å²) >= 11 is 11.8. The molecular formula is C12H11Cl2N3O2. The Balaban J connectivity index is 2.61. The summed E-state index contributed by atoms with van der Waals surface area (Å²) in [6, 6.07) is 5.81. The van der Waals surface area contributed by atoms with Crippen molar-refractivity contribution in [3.8, 4) is 11.4 Å². The molecule has 0 atom stereocenters. The summed E-state index contributed by atoms with van der Waals surface area (Å²) in [4.78, 5) is 11.9. The molecule has 0 bridgehead atoms. The molecule has 2 N–H and O–H groups in total. The van der Waals surface area contributed by atoms with Gasteiger partial charge >= 0.3 is 0 Å². The Morgan fingerprint density at radius 1 is 1.26 bits per heavy atom. The van der Waals surface area contributed by atoms with Gasteiger partial charge < -0.3 is 10.4 Å². The molecule has 0 spiro atoms. The van der Waals surface area contributed by atoms with Gasteiger partial charge in [0.1, 0.15) is 11.4 Å². The number of rotatable bonds is 3. The molecule has 0 aliphatic rings. The van der Waals surface area contributed by atoms with E-state index in [4.69, 9.17) is 23.2 Å². The summed E-state index contributed by atoms with van der Waals surface area (Å²) in [5.41, 5.74) is 0.341. The smallest absolute Gasteiger partial charge is 0.275 e. The third-order valence-electron chi connectivity index (χ3n) is 2.42. The maximum atomic E-state index is 11.9. The average Bonchev–Trinajstić information content (AvgIpc) is 2.31. The van der Waals surface area contributed by atoms with Gasteiger partial charge in [-0.15, -0.1) is 0 Å². The first-order valence-electron chi connectivity index (χ1n) is 5.44. The van der Waals surface area contributed by atoms with Crippen molar-refractivity contribution >= 4 is 23.2 Å². The molecule has 7 heteroatoms. The van der Waals surface area contributed by atoms with E-state index in [1.165, 1.54) is 0 Å². The molecule has 5 nitrogen and oxygen atoms in total. The van der Waals surface area contributed by atoms with Crippen molar-refractivity contribution in [2.24, 2.45) is 0 Å². The minimum absolute atomic E-state index is 0.149. The minimum atomic E-state index is -0.462. The fourth-order valence-corrected chi connectivity index (χ4v) is 2.14. The first-order valence-corrected chi connectivity index (χ1v) is 6.20. The zero-order valence-corrected chi connectivity index (χ0v) is 11.5. The van der Waals surface area contributed by atoms with Gasteiger partial charge in [0, 0.05) is 22.7 Å². The fourth-order valence-electron chi connectivity index (χ4n) is 1.62. The maximum Gasteiger partial charge on any atom is 0.275 e. The van der Waals surface area contributed by atoms with Gasteiger partial charge in [0.25, 0.3) is 5.56 Å². The second kappa shape index (κ2) is 5.61. The monoisotopic (exact) mass is 299 g/mol. The SMILES string of the molecule is CNCc1nn(-c2cc(Cl)cc(Cl)c2)c(=O)cc1O. The van der Waals surface area contributed by atoms with Gasteiger partial charge in [0.05, 0.1) is 5.69 Å². The molecule has 0 saturated carbocycles. The van der Waals surface area contributed by atoms with E-state index in [2.05, 4.69) is 10.4 Å². The van der Waals surface area contributed by atoms with E-state index in [9.17, 15) is 9.90 Å². The Kier molecular flexibility index (Phi) is 4.09. The largest absolute Gasteiger partial charge is 0.506 e. The second-order valence-corrected chi connectivity index (χ2v) is 4.76. The van der Waals surface area contributed by atoms with E-state index in [0.29, 0.717) is 28.0 Å². The van der Waals surface area contributed by atoms with Crippen LogP contribution < -0.4 is 10.9 Å². The zero-order chi connectivity index (χ0) is 14.0. The number of nitrogens with one attached hydrogen (secondary N) is 1. The molecule has 1 heterocycles. The molecule has 0 radical (unpaired) electrons. The molecule has 0 aliphatic carbocycles. The highest BCUT2D eigenvalue weighted by Crippen LogP contribution is 2.21. The van der Waals surface area contributed by atoms with Crippen LogP contribution >= 0.6 is 23.2 Å². The van der Waals surface area contributed by atoms with Crippen LogP contribution in [0.25, 0.3) is 5.69 Å². The molecule has 2 rings (SSSR count). The molecule has 1 aromatic heterocycles. The molecule has 1 aromatic carbocycles. The molecule has 19 heavy (non-hydrogen) atoms. The van der Waals surface area contributed by atoms with Gasteiger partial charge in [-0.2, -0.15) is 9.78 Å². The summed E-state index contributed by atoms with van der Waals surface area (Å²) in [6.07, 6.45) is 0. The third-order valence-corrected chi connectivity index (χ3v) is 2.86. The summed E-state index contributed by atoms with van der Waals surface area (Å²) < 4.78 is 1.14. The Morgan fingerprint density at radius 2 is 1.89 bits per heavy atom. The number of hydrogen-bond donors (Lipinski definition) is 2. The van der Waals surface area contributed by atoms with Crippen LogP contribution in [0.1, 0.15) is 5.69 Å². The average molecular weight is 300 g/mol. The van der Waals surface area contributed by atoms with Crippen LogP contribution in [0.15, 0.2) is 29.1 Å². The number of aromatic nitrogens is 2. The highest BCUT2D eigenvalue weighted by Gasteiger charge is 2.10. The first kappa shape index (κ1) is 13.9. The van der Waals surface area contributed by atoms with Crippen LogP contribution in [0.4, 0.5) is 0 Å².